The summed E-state index contributed by atoms with van der Waals surface area (Å²) in [5.74, 6) is 1.97. The Balaban J connectivity index is 1.31. The summed E-state index contributed by atoms with van der Waals surface area (Å²) in [4.78, 5) is 24.1. The minimum atomic E-state index is -0.474. The summed E-state index contributed by atoms with van der Waals surface area (Å²) in [6.45, 7) is 4.79. The molecule has 1 aromatic rings. The predicted octanol–water partition coefficient (Wildman–Crippen LogP) is 0.944. The highest BCUT2D eigenvalue weighted by molar-refractivity contribution is 5.92. The number of carbonyl (C=O) groups is 1. The summed E-state index contributed by atoms with van der Waals surface area (Å²) in [5.41, 5.74) is -0.0311. The smallest absolute Gasteiger partial charge is 0.270 e. The Kier molecular flexibility index (Phi) is 4.13. The van der Waals surface area contributed by atoms with Crippen molar-refractivity contribution in [2.75, 3.05) is 24.5 Å². The van der Waals surface area contributed by atoms with Crippen LogP contribution in [0, 0.1) is 17.8 Å². The molecule has 27 heavy (non-hydrogen) atoms. The molecule has 3 N–H and O–H groups in total. The number of aliphatic hydroxyl groups is 1. The van der Waals surface area contributed by atoms with Crippen molar-refractivity contribution in [1.29, 1.82) is 0 Å². The van der Waals surface area contributed by atoms with E-state index in [1.807, 2.05) is 0 Å². The largest absolute Gasteiger partial charge is 0.390 e. The Hall–Kier alpha value is -1.73. The first-order valence-corrected chi connectivity index (χ1v) is 10.3. The lowest BCUT2D eigenvalue weighted by Gasteiger charge is -2.58. The second-order valence-corrected chi connectivity index (χ2v) is 9.18. The lowest BCUT2D eigenvalue weighted by atomic mass is 9.52. The van der Waals surface area contributed by atoms with Gasteiger partial charge in [-0.25, -0.2) is 9.97 Å². The van der Waals surface area contributed by atoms with Gasteiger partial charge in [-0.2, -0.15) is 0 Å². The summed E-state index contributed by atoms with van der Waals surface area (Å²) in [5, 5.41) is 17.4. The number of aromatic nitrogens is 2. The zero-order valence-electron chi connectivity index (χ0n) is 15.9. The molecule has 1 saturated heterocycles. The molecule has 2 unspecified atom stereocenters. The predicted molar refractivity (Wildman–Crippen MR) is 101 cm³/mol. The molecule has 4 saturated carbocycles. The average Bonchev–Trinajstić information content (AvgIpc) is 2.64. The van der Waals surface area contributed by atoms with E-state index < -0.39 is 5.60 Å². The van der Waals surface area contributed by atoms with Crippen LogP contribution >= 0.6 is 0 Å². The Morgan fingerprint density at radius 2 is 2.11 bits per heavy atom. The maximum Gasteiger partial charge on any atom is 0.270 e. The first-order valence-electron chi connectivity index (χ1n) is 10.3. The van der Waals surface area contributed by atoms with Gasteiger partial charge in [-0.05, 0) is 62.8 Å². The highest BCUT2D eigenvalue weighted by Crippen LogP contribution is 2.55. The van der Waals surface area contributed by atoms with Crippen LogP contribution in [-0.4, -0.2) is 58.3 Å². The first kappa shape index (κ1) is 17.4. The van der Waals surface area contributed by atoms with Crippen LogP contribution in [-0.2, 0) is 0 Å². The van der Waals surface area contributed by atoms with E-state index in [9.17, 15) is 9.90 Å². The van der Waals surface area contributed by atoms with E-state index in [0.717, 1.165) is 51.7 Å². The van der Waals surface area contributed by atoms with Gasteiger partial charge in [0.1, 0.15) is 5.69 Å². The number of nitrogens with zero attached hydrogens (tertiary/aromatic N) is 3. The van der Waals surface area contributed by atoms with Crippen LogP contribution in [0.2, 0.25) is 0 Å². The Bertz CT molecular complexity index is 725. The summed E-state index contributed by atoms with van der Waals surface area (Å²) in [6.07, 6.45) is 6.58. The van der Waals surface area contributed by atoms with Gasteiger partial charge in [0.2, 0.25) is 5.95 Å². The van der Waals surface area contributed by atoms with Crippen molar-refractivity contribution in [3.8, 4) is 0 Å². The molecule has 7 nitrogen and oxygen atoms in total. The second-order valence-electron chi connectivity index (χ2n) is 9.18. The average molecular weight is 371 g/mol. The Morgan fingerprint density at radius 3 is 2.81 bits per heavy atom. The summed E-state index contributed by atoms with van der Waals surface area (Å²) >= 11 is 0. The first-order chi connectivity index (χ1) is 13.0. The summed E-state index contributed by atoms with van der Waals surface area (Å²) in [6, 6.07) is 2.18. The van der Waals surface area contributed by atoms with Crippen molar-refractivity contribution in [2.45, 2.75) is 56.7 Å². The number of hydrogen-bond acceptors (Lipinski definition) is 6. The van der Waals surface area contributed by atoms with E-state index in [-0.39, 0.29) is 11.9 Å². The molecule has 1 aliphatic heterocycles. The number of piperazine rings is 1. The number of hydrogen-bond donors (Lipinski definition) is 3. The molecule has 6 rings (SSSR count). The third-order valence-corrected chi connectivity index (χ3v) is 7.17. The fourth-order valence-corrected chi connectivity index (χ4v) is 6.19. The summed E-state index contributed by atoms with van der Waals surface area (Å²) < 4.78 is 0. The standard InChI is InChI=1S/C20H29N5O2/c1-12-11-21-4-5-25(12)19-22-3-2-16(23-19)18(26)24-17-14-6-13-7-15(17)10-20(27,8-13)9-14/h2-3,12-15,17,21,27H,4-11H2,1H3,(H,24,26)/t12-,13?,14?,15?,17?,20?/m1/s1. The molecule has 146 valence electrons. The van der Waals surface area contributed by atoms with E-state index in [2.05, 4.69) is 32.4 Å². The van der Waals surface area contributed by atoms with Crippen LogP contribution in [0.15, 0.2) is 12.3 Å². The van der Waals surface area contributed by atoms with Gasteiger partial charge in [-0.1, -0.05) is 0 Å². The van der Waals surface area contributed by atoms with E-state index in [4.69, 9.17) is 0 Å². The molecule has 3 atom stereocenters. The quantitative estimate of drug-likeness (QED) is 0.733. The van der Waals surface area contributed by atoms with E-state index in [1.165, 1.54) is 0 Å². The van der Waals surface area contributed by atoms with Crippen molar-refractivity contribution in [3.63, 3.8) is 0 Å². The normalized spacial score (nSPS) is 40.2. The lowest BCUT2D eigenvalue weighted by molar-refractivity contribution is -0.136. The van der Waals surface area contributed by atoms with Crippen LogP contribution in [0.4, 0.5) is 5.95 Å². The SMILES string of the molecule is C[C@@H]1CNCCN1c1nccc(C(=O)NC2C3CC4CC2CC(O)(C4)C3)n1. The van der Waals surface area contributed by atoms with Gasteiger partial charge in [0.25, 0.3) is 5.91 Å². The van der Waals surface area contributed by atoms with Crippen molar-refractivity contribution >= 4 is 11.9 Å². The molecule has 0 spiro atoms. The van der Waals surface area contributed by atoms with Crippen molar-refractivity contribution < 1.29 is 9.90 Å². The molecular formula is C20H29N5O2. The zero-order valence-corrected chi connectivity index (χ0v) is 15.9. The van der Waals surface area contributed by atoms with Crippen LogP contribution in [0.1, 0.15) is 49.5 Å². The monoisotopic (exact) mass is 371 g/mol. The van der Waals surface area contributed by atoms with Gasteiger partial charge in [0.15, 0.2) is 0 Å². The number of rotatable bonds is 3. The number of anilines is 1. The number of carbonyl (C=O) groups excluding carboxylic acids is 1. The molecule has 4 aliphatic carbocycles. The molecule has 2 heterocycles. The van der Waals surface area contributed by atoms with Crippen molar-refractivity contribution in [2.24, 2.45) is 17.8 Å². The van der Waals surface area contributed by atoms with Crippen molar-refractivity contribution in [1.82, 2.24) is 20.6 Å². The minimum absolute atomic E-state index is 0.106. The van der Waals surface area contributed by atoms with Crippen LogP contribution < -0.4 is 15.5 Å². The molecule has 0 aromatic carbocycles. The highest BCUT2D eigenvalue weighted by Gasteiger charge is 2.55. The van der Waals surface area contributed by atoms with Gasteiger partial charge >= 0.3 is 0 Å². The van der Waals surface area contributed by atoms with Gasteiger partial charge in [-0.3, -0.25) is 4.79 Å². The third-order valence-electron chi connectivity index (χ3n) is 7.17. The number of amides is 1. The highest BCUT2D eigenvalue weighted by atomic mass is 16.3. The number of nitrogens with one attached hydrogen (secondary N) is 2. The Morgan fingerprint density at radius 1 is 1.33 bits per heavy atom. The molecule has 5 fully saturated rings. The Labute approximate surface area is 160 Å². The van der Waals surface area contributed by atoms with Crippen molar-refractivity contribution in [3.05, 3.63) is 18.0 Å². The van der Waals surface area contributed by atoms with Gasteiger partial charge in [-0.15, -0.1) is 0 Å². The molecule has 7 heteroatoms. The maximum absolute atomic E-state index is 12.9. The molecular weight excluding hydrogens is 342 g/mol. The molecule has 5 aliphatic rings. The maximum atomic E-state index is 12.9. The third kappa shape index (κ3) is 3.10. The molecule has 4 bridgehead atoms. The van der Waals surface area contributed by atoms with E-state index in [1.54, 1.807) is 12.3 Å². The lowest BCUT2D eigenvalue weighted by Crippen LogP contribution is -2.61. The van der Waals surface area contributed by atoms with Crippen LogP contribution in [0.3, 0.4) is 0 Å². The molecule has 1 amide bonds. The second kappa shape index (κ2) is 6.41. The van der Waals surface area contributed by atoms with Crippen LogP contribution in [0.25, 0.3) is 0 Å². The zero-order chi connectivity index (χ0) is 18.6. The minimum Gasteiger partial charge on any atom is -0.390 e. The topological polar surface area (TPSA) is 90.4 Å². The van der Waals surface area contributed by atoms with Gasteiger partial charge in [0.05, 0.1) is 5.60 Å². The fraction of sp³-hybridized carbons (Fsp3) is 0.750. The summed E-state index contributed by atoms with van der Waals surface area (Å²) in [7, 11) is 0. The fourth-order valence-electron chi connectivity index (χ4n) is 6.19. The van der Waals surface area contributed by atoms with Crippen LogP contribution in [0.5, 0.6) is 0 Å². The molecule has 0 radical (unpaired) electrons. The van der Waals surface area contributed by atoms with Gasteiger partial charge in [0, 0.05) is 37.9 Å². The molecule has 1 aromatic heterocycles. The van der Waals surface area contributed by atoms with E-state index >= 15 is 0 Å². The van der Waals surface area contributed by atoms with E-state index in [0.29, 0.717) is 35.4 Å². The van der Waals surface area contributed by atoms with Gasteiger partial charge < -0.3 is 20.6 Å².